The molecule has 0 bridgehead atoms. The highest BCUT2D eigenvalue weighted by Crippen LogP contribution is 2.36. The third-order valence-electron chi connectivity index (χ3n) is 4.99. The summed E-state index contributed by atoms with van der Waals surface area (Å²) in [5.41, 5.74) is 3.89. The van der Waals surface area contributed by atoms with Crippen molar-refractivity contribution in [1.82, 2.24) is 4.57 Å². The zero-order chi connectivity index (χ0) is 18.1. The Morgan fingerprint density at radius 3 is 2.96 bits per heavy atom. The van der Waals surface area contributed by atoms with Gasteiger partial charge in [-0.2, -0.15) is 0 Å². The van der Waals surface area contributed by atoms with E-state index in [-0.39, 0.29) is 17.4 Å². The lowest BCUT2D eigenvalue weighted by Crippen LogP contribution is -2.34. The number of rotatable bonds is 4. The van der Waals surface area contributed by atoms with Gasteiger partial charge in [0.2, 0.25) is 0 Å². The van der Waals surface area contributed by atoms with Gasteiger partial charge in [0.15, 0.2) is 0 Å². The van der Waals surface area contributed by atoms with Crippen LogP contribution in [0.25, 0.3) is 11.3 Å². The Morgan fingerprint density at radius 1 is 1.31 bits per heavy atom. The molecule has 0 aliphatic carbocycles. The monoisotopic (exact) mass is 357 g/mol. The summed E-state index contributed by atoms with van der Waals surface area (Å²) in [6.45, 7) is 4.71. The van der Waals surface area contributed by atoms with Crippen LogP contribution < -0.4 is 10.3 Å². The van der Waals surface area contributed by atoms with Crippen LogP contribution in [0.1, 0.15) is 18.1 Å². The number of nitrogens with zero attached hydrogens (tertiary/aromatic N) is 1. The molecular formula is C20H23NO5. The molecule has 1 fully saturated rings. The van der Waals surface area contributed by atoms with Crippen LogP contribution in [0.2, 0.25) is 0 Å². The average molecular weight is 357 g/mol. The molecule has 2 aromatic rings. The molecule has 26 heavy (non-hydrogen) atoms. The largest absolute Gasteiger partial charge is 0.508 e. The van der Waals surface area contributed by atoms with Crippen LogP contribution in [0.3, 0.4) is 0 Å². The Morgan fingerprint density at radius 2 is 2.19 bits per heavy atom. The van der Waals surface area contributed by atoms with Gasteiger partial charge in [-0.15, -0.1) is 0 Å². The van der Waals surface area contributed by atoms with Gasteiger partial charge in [-0.3, -0.25) is 4.79 Å². The number of aromatic nitrogens is 1. The van der Waals surface area contributed by atoms with E-state index in [1.54, 1.807) is 18.2 Å². The number of pyridine rings is 1. The summed E-state index contributed by atoms with van der Waals surface area (Å²) in [5.74, 6) is 0.860. The minimum atomic E-state index is -0.114. The summed E-state index contributed by atoms with van der Waals surface area (Å²) >= 11 is 0. The standard InChI is InChI=1S/C20H23NO5/c1-2-16-18(26-12-15-11-24-7-8-25-15)10-19(23)21-6-5-13-9-14(22)3-4-17(13)20(16)21/h3-4,9-10,15,22H,2,5-8,11-12H2,1H3/t15-/m0/s1. The minimum Gasteiger partial charge on any atom is -0.508 e. The van der Waals surface area contributed by atoms with Gasteiger partial charge in [-0.05, 0) is 36.6 Å². The number of fused-ring (bicyclic) bond motifs is 3. The summed E-state index contributed by atoms with van der Waals surface area (Å²) in [6.07, 6.45) is 1.36. The van der Waals surface area contributed by atoms with Gasteiger partial charge in [0.05, 0.1) is 25.5 Å². The highest BCUT2D eigenvalue weighted by molar-refractivity contribution is 5.72. The second-order valence-electron chi connectivity index (χ2n) is 6.65. The number of phenols is 1. The molecule has 2 aliphatic rings. The molecule has 0 unspecified atom stereocenters. The van der Waals surface area contributed by atoms with Crippen molar-refractivity contribution >= 4 is 0 Å². The molecule has 1 saturated heterocycles. The number of aryl methyl sites for hydroxylation is 1. The molecule has 1 aromatic heterocycles. The first-order chi connectivity index (χ1) is 12.7. The number of hydrogen-bond acceptors (Lipinski definition) is 5. The van der Waals surface area contributed by atoms with Crippen molar-refractivity contribution in [3.05, 3.63) is 45.7 Å². The normalized spacial score (nSPS) is 18.9. The topological polar surface area (TPSA) is 69.9 Å². The van der Waals surface area contributed by atoms with E-state index in [1.165, 1.54) is 0 Å². The van der Waals surface area contributed by atoms with Crippen LogP contribution in [-0.4, -0.2) is 42.2 Å². The van der Waals surface area contributed by atoms with E-state index in [0.29, 0.717) is 38.7 Å². The average Bonchev–Trinajstić information content (AvgIpc) is 2.66. The van der Waals surface area contributed by atoms with Gasteiger partial charge in [-0.25, -0.2) is 0 Å². The van der Waals surface area contributed by atoms with Crippen molar-refractivity contribution in [3.8, 4) is 22.8 Å². The summed E-state index contributed by atoms with van der Waals surface area (Å²) in [7, 11) is 0. The molecule has 1 N–H and O–H groups in total. The molecule has 0 saturated carbocycles. The second kappa shape index (κ2) is 7.13. The molecule has 6 nitrogen and oxygen atoms in total. The molecule has 1 atom stereocenters. The molecule has 0 amide bonds. The van der Waals surface area contributed by atoms with Gasteiger partial charge in [0.1, 0.15) is 24.2 Å². The first-order valence-corrected chi connectivity index (χ1v) is 9.08. The Labute approximate surface area is 151 Å². The highest BCUT2D eigenvalue weighted by Gasteiger charge is 2.24. The fraction of sp³-hybridized carbons (Fsp3) is 0.450. The number of phenolic OH excluding ortho intramolecular Hbond substituents is 1. The number of ether oxygens (including phenoxy) is 3. The zero-order valence-corrected chi connectivity index (χ0v) is 14.9. The molecule has 6 heteroatoms. The van der Waals surface area contributed by atoms with E-state index >= 15 is 0 Å². The van der Waals surface area contributed by atoms with Crippen molar-refractivity contribution in [3.63, 3.8) is 0 Å². The fourth-order valence-electron chi connectivity index (χ4n) is 3.73. The molecule has 3 heterocycles. The van der Waals surface area contributed by atoms with Gasteiger partial charge in [0.25, 0.3) is 5.56 Å². The Bertz CT molecular complexity index is 867. The van der Waals surface area contributed by atoms with E-state index in [0.717, 1.165) is 35.2 Å². The van der Waals surface area contributed by atoms with Crippen molar-refractivity contribution in [1.29, 1.82) is 0 Å². The lowest BCUT2D eigenvalue weighted by Gasteiger charge is -2.27. The summed E-state index contributed by atoms with van der Waals surface area (Å²) < 4.78 is 18.8. The molecular weight excluding hydrogens is 334 g/mol. The maximum Gasteiger partial charge on any atom is 0.254 e. The second-order valence-corrected chi connectivity index (χ2v) is 6.65. The molecule has 0 radical (unpaired) electrons. The lowest BCUT2D eigenvalue weighted by atomic mass is 9.93. The molecule has 4 rings (SSSR count). The van der Waals surface area contributed by atoms with Crippen molar-refractivity contribution in [2.45, 2.75) is 32.4 Å². The van der Waals surface area contributed by atoms with Gasteiger partial charge in [-0.1, -0.05) is 6.92 Å². The SMILES string of the molecule is CCc1c(OC[C@@H]2COCCO2)cc(=O)n2c1-c1ccc(O)cc1CC2. The summed E-state index contributed by atoms with van der Waals surface area (Å²) in [4.78, 5) is 12.7. The van der Waals surface area contributed by atoms with Crippen molar-refractivity contribution in [2.24, 2.45) is 0 Å². The minimum absolute atomic E-state index is 0.0632. The van der Waals surface area contributed by atoms with E-state index in [1.807, 2.05) is 10.6 Å². The van der Waals surface area contributed by atoms with Gasteiger partial charge < -0.3 is 23.9 Å². The molecule has 138 valence electrons. The third-order valence-corrected chi connectivity index (χ3v) is 4.99. The van der Waals surface area contributed by atoms with Crippen molar-refractivity contribution in [2.75, 3.05) is 26.4 Å². The summed E-state index contributed by atoms with van der Waals surface area (Å²) in [6, 6.07) is 6.91. The van der Waals surface area contributed by atoms with Crippen LogP contribution >= 0.6 is 0 Å². The Kier molecular flexibility index (Phi) is 4.70. The number of aromatic hydroxyl groups is 1. The van der Waals surface area contributed by atoms with Crippen LogP contribution in [0.5, 0.6) is 11.5 Å². The zero-order valence-electron chi connectivity index (χ0n) is 14.9. The smallest absolute Gasteiger partial charge is 0.254 e. The fourth-order valence-corrected chi connectivity index (χ4v) is 3.73. The van der Waals surface area contributed by atoms with E-state index in [2.05, 4.69) is 6.92 Å². The Balaban J connectivity index is 1.73. The lowest BCUT2D eigenvalue weighted by molar-refractivity contribution is -0.101. The first-order valence-electron chi connectivity index (χ1n) is 9.08. The van der Waals surface area contributed by atoms with E-state index in [4.69, 9.17) is 14.2 Å². The maximum absolute atomic E-state index is 12.7. The first kappa shape index (κ1) is 17.1. The van der Waals surface area contributed by atoms with Crippen LogP contribution in [0.4, 0.5) is 0 Å². The van der Waals surface area contributed by atoms with E-state index < -0.39 is 0 Å². The third kappa shape index (κ3) is 3.10. The highest BCUT2D eigenvalue weighted by atomic mass is 16.6. The summed E-state index contributed by atoms with van der Waals surface area (Å²) in [5, 5.41) is 9.78. The molecule has 1 aromatic carbocycles. The quantitative estimate of drug-likeness (QED) is 0.908. The van der Waals surface area contributed by atoms with Crippen LogP contribution in [0, 0.1) is 0 Å². The predicted molar refractivity (Wildman–Crippen MR) is 96.9 cm³/mol. The van der Waals surface area contributed by atoms with Gasteiger partial charge >= 0.3 is 0 Å². The van der Waals surface area contributed by atoms with Crippen molar-refractivity contribution < 1.29 is 19.3 Å². The number of hydrogen-bond donors (Lipinski definition) is 1. The molecule has 2 aliphatic heterocycles. The van der Waals surface area contributed by atoms with E-state index in [9.17, 15) is 9.90 Å². The number of benzene rings is 1. The molecule has 0 spiro atoms. The van der Waals surface area contributed by atoms with Crippen LogP contribution in [0.15, 0.2) is 29.1 Å². The van der Waals surface area contributed by atoms with Crippen LogP contribution in [-0.2, 0) is 28.9 Å². The predicted octanol–water partition coefficient (Wildman–Crippen LogP) is 2.13. The van der Waals surface area contributed by atoms with Gasteiger partial charge in [0, 0.05) is 23.7 Å². The maximum atomic E-state index is 12.7. The Hall–Kier alpha value is -2.31.